The molecule has 29 heavy (non-hydrogen) atoms. The van der Waals surface area contributed by atoms with Crippen molar-refractivity contribution in [1.82, 2.24) is 9.91 Å². The van der Waals surface area contributed by atoms with Crippen LogP contribution in [0.5, 0.6) is 0 Å². The number of likely N-dealkylation sites (tertiary alicyclic amines) is 1. The number of hydrogen-bond donors (Lipinski definition) is 0. The monoisotopic (exact) mass is 393 g/mol. The summed E-state index contributed by atoms with van der Waals surface area (Å²) in [6, 6.07) is 14.4. The minimum Gasteiger partial charge on any atom is -0.294 e. The highest BCUT2D eigenvalue weighted by atomic mass is 19.1. The molecule has 0 aromatic heterocycles. The lowest BCUT2D eigenvalue weighted by Crippen LogP contribution is -2.41. The largest absolute Gasteiger partial charge is 0.294 e. The highest BCUT2D eigenvalue weighted by molar-refractivity contribution is 6.03. The molecule has 1 fully saturated rings. The van der Waals surface area contributed by atoms with E-state index in [1.807, 2.05) is 18.2 Å². The second kappa shape index (κ2) is 8.46. The van der Waals surface area contributed by atoms with Crippen LogP contribution in [0, 0.1) is 18.7 Å². The molecule has 0 spiro atoms. The standard InChI is InChI=1S/C24H28FN3O/c1-17-10-12-27(13-11-17)16-24(29)28-23(21-9-4-3-6-18(21)2)15-22(26-28)19-7-5-8-20(25)14-19/h3-9,14,17,23H,10-13,15-16H2,1-2H3/t23-/m1/s1. The van der Waals surface area contributed by atoms with Gasteiger partial charge < -0.3 is 0 Å². The number of hydrazone groups is 1. The lowest BCUT2D eigenvalue weighted by Gasteiger charge is -2.31. The number of amides is 1. The highest BCUT2D eigenvalue weighted by Gasteiger charge is 2.34. The molecule has 0 aliphatic carbocycles. The molecule has 2 aliphatic rings. The van der Waals surface area contributed by atoms with Crippen LogP contribution in [0.15, 0.2) is 53.6 Å². The lowest BCUT2D eigenvalue weighted by molar-refractivity contribution is -0.134. The average molecular weight is 394 g/mol. The van der Waals surface area contributed by atoms with Gasteiger partial charge in [-0.25, -0.2) is 9.40 Å². The molecule has 4 rings (SSSR count). The van der Waals surface area contributed by atoms with Crippen molar-refractivity contribution in [2.45, 2.75) is 39.2 Å². The first kappa shape index (κ1) is 19.8. The van der Waals surface area contributed by atoms with Gasteiger partial charge in [0.2, 0.25) is 0 Å². The van der Waals surface area contributed by atoms with Crippen molar-refractivity contribution in [3.8, 4) is 0 Å². The molecule has 2 aromatic rings. The van der Waals surface area contributed by atoms with E-state index in [9.17, 15) is 9.18 Å². The Bertz CT molecular complexity index is 918. The number of rotatable bonds is 4. The van der Waals surface area contributed by atoms with Crippen LogP contribution >= 0.6 is 0 Å². The molecule has 0 N–H and O–H groups in total. The van der Waals surface area contributed by atoms with Gasteiger partial charge in [0.05, 0.1) is 18.3 Å². The van der Waals surface area contributed by atoms with E-state index < -0.39 is 0 Å². The van der Waals surface area contributed by atoms with Crippen molar-refractivity contribution < 1.29 is 9.18 Å². The number of hydrogen-bond acceptors (Lipinski definition) is 3. The Morgan fingerprint density at radius 2 is 1.90 bits per heavy atom. The Balaban J connectivity index is 1.60. The Morgan fingerprint density at radius 1 is 1.14 bits per heavy atom. The normalized spacial score (nSPS) is 20.7. The first-order valence-electron chi connectivity index (χ1n) is 10.4. The van der Waals surface area contributed by atoms with Crippen LogP contribution < -0.4 is 0 Å². The highest BCUT2D eigenvalue weighted by Crippen LogP contribution is 2.34. The fourth-order valence-electron chi connectivity index (χ4n) is 4.27. The van der Waals surface area contributed by atoms with E-state index in [-0.39, 0.29) is 17.8 Å². The molecule has 2 aromatic carbocycles. The summed E-state index contributed by atoms with van der Waals surface area (Å²) in [4.78, 5) is 15.5. The van der Waals surface area contributed by atoms with E-state index in [4.69, 9.17) is 0 Å². The molecule has 0 unspecified atom stereocenters. The van der Waals surface area contributed by atoms with Crippen LogP contribution in [-0.4, -0.2) is 41.2 Å². The first-order valence-corrected chi connectivity index (χ1v) is 10.4. The Kier molecular flexibility index (Phi) is 5.76. The summed E-state index contributed by atoms with van der Waals surface area (Å²) in [7, 11) is 0. The maximum Gasteiger partial charge on any atom is 0.257 e. The van der Waals surface area contributed by atoms with Gasteiger partial charge in [-0.15, -0.1) is 0 Å². The number of halogens is 1. The number of carbonyl (C=O) groups is 1. The number of carbonyl (C=O) groups excluding carboxylic acids is 1. The van der Waals surface area contributed by atoms with Gasteiger partial charge in [-0.05, 0) is 62.0 Å². The molecular formula is C24H28FN3O. The number of benzene rings is 2. The third-order valence-electron chi connectivity index (χ3n) is 6.11. The summed E-state index contributed by atoms with van der Waals surface area (Å²) in [6.07, 6.45) is 2.86. The van der Waals surface area contributed by atoms with Gasteiger partial charge in [0, 0.05) is 12.0 Å². The fraction of sp³-hybridized carbons (Fsp3) is 0.417. The van der Waals surface area contributed by atoms with Crippen LogP contribution in [0.2, 0.25) is 0 Å². The van der Waals surface area contributed by atoms with E-state index in [2.05, 4.69) is 36.0 Å². The summed E-state index contributed by atoms with van der Waals surface area (Å²) in [6.45, 7) is 6.62. The van der Waals surface area contributed by atoms with Crippen LogP contribution in [0.4, 0.5) is 4.39 Å². The Labute approximate surface area is 172 Å². The number of piperidine rings is 1. The fourth-order valence-corrected chi connectivity index (χ4v) is 4.27. The molecule has 1 saturated heterocycles. The van der Waals surface area contributed by atoms with E-state index in [0.717, 1.165) is 54.3 Å². The van der Waals surface area contributed by atoms with Crippen LogP contribution in [0.25, 0.3) is 0 Å². The first-order chi connectivity index (χ1) is 14.0. The Hall–Kier alpha value is -2.53. The second-order valence-corrected chi connectivity index (χ2v) is 8.33. The van der Waals surface area contributed by atoms with Crippen molar-refractivity contribution in [2.24, 2.45) is 11.0 Å². The summed E-state index contributed by atoms with van der Waals surface area (Å²) in [5.41, 5.74) is 3.74. The van der Waals surface area contributed by atoms with E-state index in [1.165, 1.54) is 12.1 Å². The molecule has 1 atom stereocenters. The minimum atomic E-state index is -0.287. The zero-order valence-corrected chi connectivity index (χ0v) is 17.1. The molecule has 0 saturated carbocycles. The van der Waals surface area contributed by atoms with Crippen molar-refractivity contribution >= 4 is 11.6 Å². The van der Waals surface area contributed by atoms with E-state index in [1.54, 1.807) is 11.1 Å². The van der Waals surface area contributed by atoms with Crippen LogP contribution in [0.1, 0.15) is 48.9 Å². The van der Waals surface area contributed by atoms with Gasteiger partial charge in [-0.3, -0.25) is 9.69 Å². The lowest BCUT2D eigenvalue weighted by atomic mass is 9.95. The molecule has 152 valence electrons. The van der Waals surface area contributed by atoms with E-state index >= 15 is 0 Å². The quantitative estimate of drug-likeness (QED) is 0.764. The zero-order chi connectivity index (χ0) is 20.4. The minimum absolute atomic E-state index is 0.0132. The van der Waals surface area contributed by atoms with Crippen molar-refractivity contribution in [2.75, 3.05) is 19.6 Å². The van der Waals surface area contributed by atoms with Crippen molar-refractivity contribution in [3.63, 3.8) is 0 Å². The third kappa shape index (κ3) is 4.40. The number of aryl methyl sites for hydroxylation is 1. The molecule has 4 nitrogen and oxygen atoms in total. The van der Waals surface area contributed by atoms with Gasteiger partial charge in [0.15, 0.2) is 0 Å². The molecular weight excluding hydrogens is 365 g/mol. The van der Waals surface area contributed by atoms with Crippen molar-refractivity contribution in [3.05, 3.63) is 71.0 Å². The third-order valence-corrected chi connectivity index (χ3v) is 6.11. The molecule has 2 heterocycles. The molecule has 2 aliphatic heterocycles. The maximum atomic E-state index is 13.8. The van der Waals surface area contributed by atoms with Gasteiger partial charge in [-0.1, -0.05) is 43.3 Å². The predicted molar refractivity (Wildman–Crippen MR) is 113 cm³/mol. The summed E-state index contributed by atoms with van der Waals surface area (Å²) in [5.74, 6) is 0.453. The van der Waals surface area contributed by atoms with Gasteiger partial charge in [0.25, 0.3) is 5.91 Å². The van der Waals surface area contributed by atoms with E-state index in [0.29, 0.717) is 13.0 Å². The van der Waals surface area contributed by atoms with Gasteiger partial charge >= 0.3 is 0 Å². The van der Waals surface area contributed by atoms with Crippen LogP contribution in [0.3, 0.4) is 0 Å². The summed E-state index contributed by atoms with van der Waals surface area (Å²) < 4.78 is 13.8. The molecule has 5 heteroatoms. The molecule has 1 amide bonds. The van der Waals surface area contributed by atoms with Crippen molar-refractivity contribution in [1.29, 1.82) is 0 Å². The summed E-state index contributed by atoms with van der Waals surface area (Å²) >= 11 is 0. The zero-order valence-electron chi connectivity index (χ0n) is 17.1. The smallest absolute Gasteiger partial charge is 0.257 e. The predicted octanol–water partition coefficient (Wildman–Crippen LogP) is 4.54. The summed E-state index contributed by atoms with van der Waals surface area (Å²) in [5, 5.41) is 6.33. The maximum absolute atomic E-state index is 13.8. The SMILES string of the molecule is Cc1ccccc1[C@H]1CC(c2cccc(F)c2)=NN1C(=O)CN1CCC(C)CC1. The average Bonchev–Trinajstić information content (AvgIpc) is 3.15. The molecule has 0 radical (unpaired) electrons. The topological polar surface area (TPSA) is 35.9 Å². The number of nitrogens with zero attached hydrogens (tertiary/aromatic N) is 3. The van der Waals surface area contributed by atoms with Crippen LogP contribution in [-0.2, 0) is 4.79 Å². The van der Waals surface area contributed by atoms with Gasteiger partial charge in [-0.2, -0.15) is 5.10 Å². The molecule has 0 bridgehead atoms. The second-order valence-electron chi connectivity index (χ2n) is 8.33. The van der Waals surface area contributed by atoms with Gasteiger partial charge in [0.1, 0.15) is 5.82 Å². The Morgan fingerprint density at radius 3 is 2.62 bits per heavy atom.